The number of hydrogen-bond acceptors (Lipinski definition) is 4. The Hall–Kier alpha value is -2.90. The Labute approximate surface area is 197 Å². The zero-order valence-electron chi connectivity index (χ0n) is 18.9. The maximum atomic E-state index is 12.2. The number of rotatable bonds is 4. The van der Waals surface area contributed by atoms with Crippen molar-refractivity contribution in [2.45, 2.75) is 39.3 Å². The highest BCUT2D eigenvalue weighted by Gasteiger charge is 2.26. The molecule has 2 aromatic carbocycles. The molecular formula is C25H27ClN4O3. The van der Waals surface area contributed by atoms with E-state index in [2.05, 4.69) is 22.8 Å². The number of carbonyl (C=O) groups excluding carboxylic acids is 2. The molecule has 1 aromatic heterocycles. The van der Waals surface area contributed by atoms with Crippen molar-refractivity contribution in [1.82, 2.24) is 14.5 Å². The van der Waals surface area contributed by atoms with Crippen LogP contribution in [0, 0.1) is 6.92 Å². The Balaban J connectivity index is 1.54. The van der Waals surface area contributed by atoms with Gasteiger partial charge in [-0.15, -0.1) is 0 Å². The summed E-state index contributed by atoms with van der Waals surface area (Å²) in [5.74, 6) is 0.944. The van der Waals surface area contributed by atoms with Crippen molar-refractivity contribution in [3.05, 3.63) is 47.0 Å². The minimum absolute atomic E-state index is 0.0599. The number of halogens is 1. The number of benzene rings is 2. The smallest absolute Gasteiger partial charge is 0.227 e. The summed E-state index contributed by atoms with van der Waals surface area (Å²) in [6.45, 7) is 6.59. The molecule has 0 aliphatic carbocycles. The number of ether oxygens (including phenoxy) is 1. The van der Waals surface area contributed by atoms with Crippen LogP contribution in [0.4, 0.5) is 5.69 Å². The van der Waals surface area contributed by atoms with Crippen molar-refractivity contribution >= 4 is 40.1 Å². The van der Waals surface area contributed by atoms with Gasteiger partial charge in [-0.25, -0.2) is 4.98 Å². The fourth-order valence-electron chi connectivity index (χ4n) is 4.72. The van der Waals surface area contributed by atoms with E-state index in [0.717, 1.165) is 46.6 Å². The first kappa shape index (κ1) is 21.9. The summed E-state index contributed by atoms with van der Waals surface area (Å²) in [7, 11) is 0. The summed E-state index contributed by atoms with van der Waals surface area (Å²) in [6, 6.07) is 11.9. The molecule has 0 radical (unpaired) electrons. The van der Waals surface area contributed by atoms with Gasteiger partial charge in [0.05, 0.1) is 35.3 Å². The summed E-state index contributed by atoms with van der Waals surface area (Å²) in [5.41, 5.74) is 4.63. The Morgan fingerprint density at radius 2 is 2.06 bits per heavy atom. The summed E-state index contributed by atoms with van der Waals surface area (Å²) >= 11 is 6.75. The van der Waals surface area contributed by atoms with Crippen molar-refractivity contribution < 1.29 is 14.3 Å². The summed E-state index contributed by atoms with van der Waals surface area (Å²) < 4.78 is 8.13. The van der Waals surface area contributed by atoms with Gasteiger partial charge < -0.3 is 19.1 Å². The second kappa shape index (κ2) is 8.80. The second-order valence-electron chi connectivity index (χ2n) is 8.81. The number of nitrogens with zero attached hydrogens (tertiary/aromatic N) is 4. The molecule has 2 aliphatic heterocycles. The average molecular weight is 467 g/mol. The van der Waals surface area contributed by atoms with E-state index in [-0.39, 0.29) is 17.9 Å². The Bertz CT molecular complexity index is 1240. The van der Waals surface area contributed by atoms with Gasteiger partial charge >= 0.3 is 0 Å². The van der Waals surface area contributed by atoms with Gasteiger partial charge in [0.1, 0.15) is 5.82 Å². The first-order chi connectivity index (χ1) is 15.9. The topological polar surface area (TPSA) is 67.7 Å². The number of fused-ring (bicyclic) bond motifs is 1. The van der Waals surface area contributed by atoms with E-state index < -0.39 is 0 Å². The number of amides is 2. The van der Waals surface area contributed by atoms with Crippen LogP contribution < -0.4 is 4.90 Å². The predicted octanol–water partition coefficient (Wildman–Crippen LogP) is 4.04. The molecule has 2 amide bonds. The fraction of sp³-hybridized carbons (Fsp3) is 0.400. The van der Waals surface area contributed by atoms with E-state index in [0.29, 0.717) is 37.7 Å². The Morgan fingerprint density at radius 3 is 2.79 bits per heavy atom. The SMILES string of the molecule is CC(=O)N1CCOC(Cn2c(-c3ccc(N4CCCC4=O)cc3Cl)nc3cc(C)ccc32)C1. The van der Waals surface area contributed by atoms with Crippen molar-refractivity contribution in [1.29, 1.82) is 0 Å². The maximum absolute atomic E-state index is 12.2. The third kappa shape index (κ3) is 4.23. The number of carbonyl (C=O) groups is 2. The van der Waals surface area contributed by atoms with Crippen molar-refractivity contribution in [2.24, 2.45) is 0 Å². The van der Waals surface area contributed by atoms with Crippen LogP contribution in [0.1, 0.15) is 25.3 Å². The van der Waals surface area contributed by atoms with E-state index in [1.54, 1.807) is 11.8 Å². The first-order valence-electron chi connectivity index (χ1n) is 11.3. The highest BCUT2D eigenvalue weighted by molar-refractivity contribution is 6.33. The third-order valence-electron chi connectivity index (χ3n) is 6.45. The van der Waals surface area contributed by atoms with Gasteiger partial charge in [-0.2, -0.15) is 0 Å². The van der Waals surface area contributed by atoms with Crippen molar-refractivity contribution in [2.75, 3.05) is 31.1 Å². The second-order valence-corrected chi connectivity index (χ2v) is 9.22. The number of anilines is 1. The van der Waals surface area contributed by atoms with Crippen LogP contribution in [0.15, 0.2) is 36.4 Å². The molecule has 7 nitrogen and oxygen atoms in total. The molecular weight excluding hydrogens is 440 g/mol. The van der Waals surface area contributed by atoms with Crippen LogP contribution in [0.3, 0.4) is 0 Å². The van der Waals surface area contributed by atoms with Gasteiger partial charge in [0, 0.05) is 44.2 Å². The zero-order chi connectivity index (χ0) is 23.1. The van der Waals surface area contributed by atoms with Crippen molar-refractivity contribution in [3.8, 4) is 11.4 Å². The molecule has 0 bridgehead atoms. The van der Waals surface area contributed by atoms with Crippen LogP contribution in [0.5, 0.6) is 0 Å². The molecule has 3 heterocycles. The van der Waals surface area contributed by atoms with E-state index in [9.17, 15) is 9.59 Å². The normalized spacial score (nSPS) is 19.0. The van der Waals surface area contributed by atoms with E-state index >= 15 is 0 Å². The zero-order valence-corrected chi connectivity index (χ0v) is 19.6. The number of aromatic nitrogens is 2. The third-order valence-corrected chi connectivity index (χ3v) is 6.77. The molecule has 8 heteroatoms. The first-order valence-corrected chi connectivity index (χ1v) is 11.7. The van der Waals surface area contributed by atoms with Gasteiger partial charge in [-0.1, -0.05) is 17.7 Å². The van der Waals surface area contributed by atoms with Crippen LogP contribution in [0.2, 0.25) is 5.02 Å². The summed E-state index contributed by atoms with van der Waals surface area (Å²) in [5, 5.41) is 0.551. The number of imidazole rings is 1. The molecule has 3 aromatic rings. The molecule has 2 saturated heterocycles. The fourth-order valence-corrected chi connectivity index (χ4v) is 4.98. The van der Waals surface area contributed by atoms with Gasteiger partial charge in [0.25, 0.3) is 0 Å². The standard InChI is InChI=1S/C25H27ClN4O3/c1-16-5-8-23-22(12-16)27-25(30(23)15-19-14-28(17(2)31)10-11-33-19)20-7-6-18(13-21(20)26)29-9-3-4-24(29)32/h5-8,12-13,19H,3-4,9-11,14-15H2,1-2H3. The molecule has 172 valence electrons. The largest absolute Gasteiger partial charge is 0.373 e. The average Bonchev–Trinajstić information content (AvgIpc) is 3.37. The lowest BCUT2D eigenvalue weighted by Crippen LogP contribution is -2.46. The summed E-state index contributed by atoms with van der Waals surface area (Å²) in [4.78, 5) is 32.6. The molecule has 5 rings (SSSR count). The van der Waals surface area contributed by atoms with Crippen LogP contribution >= 0.6 is 11.6 Å². The molecule has 0 saturated carbocycles. The van der Waals surface area contributed by atoms with Crippen molar-refractivity contribution in [3.63, 3.8) is 0 Å². The minimum Gasteiger partial charge on any atom is -0.373 e. The highest BCUT2D eigenvalue weighted by atomic mass is 35.5. The van der Waals surface area contributed by atoms with Crippen LogP contribution in [0.25, 0.3) is 22.4 Å². The Morgan fingerprint density at radius 1 is 1.21 bits per heavy atom. The monoisotopic (exact) mass is 466 g/mol. The van der Waals surface area contributed by atoms with Crippen LogP contribution in [-0.4, -0.2) is 58.6 Å². The highest BCUT2D eigenvalue weighted by Crippen LogP contribution is 2.35. The van der Waals surface area contributed by atoms with Gasteiger partial charge in [0.2, 0.25) is 11.8 Å². The molecule has 1 atom stereocenters. The molecule has 1 unspecified atom stereocenters. The Kier molecular flexibility index (Phi) is 5.85. The van der Waals surface area contributed by atoms with E-state index in [1.807, 2.05) is 30.0 Å². The lowest BCUT2D eigenvalue weighted by Gasteiger charge is -2.32. The predicted molar refractivity (Wildman–Crippen MR) is 128 cm³/mol. The van der Waals surface area contributed by atoms with Gasteiger partial charge in [-0.3, -0.25) is 9.59 Å². The molecule has 2 fully saturated rings. The lowest BCUT2D eigenvalue weighted by molar-refractivity contribution is -0.136. The van der Waals surface area contributed by atoms with Gasteiger partial charge in [0.15, 0.2) is 0 Å². The summed E-state index contributed by atoms with van der Waals surface area (Å²) in [6.07, 6.45) is 1.31. The molecule has 0 N–H and O–H groups in total. The lowest BCUT2D eigenvalue weighted by atomic mass is 10.1. The van der Waals surface area contributed by atoms with Crippen LogP contribution in [-0.2, 0) is 20.9 Å². The maximum Gasteiger partial charge on any atom is 0.227 e. The number of morpholine rings is 1. The minimum atomic E-state index is -0.139. The number of aryl methyl sites for hydroxylation is 1. The molecule has 2 aliphatic rings. The van der Waals surface area contributed by atoms with E-state index in [4.69, 9.17) is 21.3 Å². The number of hydrogen-bond donors (Lipinski definition) is 0. The van der Waals surface area contributed by atoms with Gasteiger partial charge in [-0.05, 0) is 49.2 Å². The van der Waals surface area contributed by atoms with E-state index in [1.165, 1.54) is 0 Å². The quantitative estimate of drug-likeness (QED) is 0.582. The molecule has 33 heavy (non-hydrogen) atoms. The molecule has 0 spiro atoms.